The van der Waals surface area contributed by atoms with Crippen molar-refractivity contribution in [3.05, 3.63) is 29.3 Å². The number of aromatic hydroxyl groups is 1. The third-order valence-corrected chi connectivity index (χ3v) is 8.15. The van der Waals surface area contributed by atoms with Crippen LogP contribution in [-0.2, 0) is 5.41 Å². The minimum absolute atomic E-state index is 0.409. The van der Waals surface area contributed by atoms with E-state index < -0.39 is 0 Å². The largest absolute Gasteiger partial charge is 0.508 e. The van der Waals surface area contributed by atoms with Crippen molar-refractivity contribution >= 4 is 0 Å². The van der Waals surface area contributed by atoms with Crippen molar-refractivity contribution in [2.24, 2.45) is 29.6 Å². The molecule has 0 aliphatic heterocycles. The van der Waals surface area contributed by atoms with Gasteiger partial charge in [0, 0.05) is 0 Å². The quantitative estimate of drug-likeness (QED) is 0.772. The highest BCUT2D eigenvalue weighted by molar-refractivity contribution is 5.43. The lowest BCUT2D eigenvalue weighted by atomic mass is 9.60. The van der Waals surface area contributed by atoms with Gasteiger partial charge in [0.25, 0.3) is 0 Å². The predicted molar refractivity (Wildman–Crippen MR) is 93.5 cm³/mol. The summed E-state index contributed by atoms with van der Waals surface area (Å²) >= 11 is 0. The first kappa shape index (κ1) is 14.4. The van der Waals surface area contributed by atoms with Gasteiger partial charge in [0.1, 0.15) is 5.75 Å². The van der Waals surface area contributed by atoms with Gasteiger partial charge in [-0.25, -0.2) is 0 Å². The van der Waals surface area contributed by atoms with Crippen LogP contribution in [0.4, 0.5) is 0 Å². The Morgan fingerprint density at radius 2 is 2.00 bits per heavy atom. The molecule has 4 aliphatic rings. The summed E-state index contributed by atoms with van der Waals surface area (Å²) in [6, 6.07) is 6.11. The maximum atomic E-state index is 10.1. The molecule has 0 radical (unpaired) electrons. The van der Waals surface area contributed by atoms with Crippen LogP contribution in [0, 0.1) is 36.5 Å². The Balaban J connectivity index is 1.45. The molecule has 124 valence electrons. The molecule has 0 spiro atoms. The van der Waals surface area contributed by atoms with Gasteiger partial charge in [-0.2, -0.15) is 0 Å². The highest BCUT2D eigenvalue weighted by Crippen LogP contribution is 2.73. The van der Waals surface area contributed by atoms with Crippen LogP contribution in [0.1, 0.15) is 68.9 Å². The summed E-state index contributed by atoms with van der Waals surface area (Å²) in [5, 5.41) is 10.1. The number of rotatable bonds is 3. The van der Waals surface area contributed by atoms with Gasteiger partial charge < -0.3 is 5.11 Å². The Morgan fingerprint density at radius 3 is 2.78 bits per heavy atom. The first-order valence-corrected chi connectivity index (χ1v) is 9.99. The summed E-state index contributed by atoms with van der Waals surface area (Å²) in [7, 11) is 0. The van der Waals surface area contributed by atoms with E-state index >= 15 is 0 Å². The van der Waals surface area contributed by atoms with E-state index in [0.29, 0.717) is 11.2 Å². The molecule has 0 amide bonds. The molecular formula is C22H30O. The lowest BCUT2D eigenvalue weighted by Crippen LogP contribution is -2.38. The van der Waals surface area contributed by atoms with Crippen molar-refractivity contribution in [3.8, 4) is 5.75 Å². The number of benzene rings is 1. The second-order valence-corrected chi connectivity index (χ2v) is 9.15. The monoisotopic (exact) mass is 310 g/mol. The first-order valence-electron chi connectivity index (χ1n) is 9.99. The summed E-state index contributed by atoms with van der Waals surface area (Å²) < 4.78 is 0. The van der Waals surface area contributed by atoms with Crippen molar-refractivity contribution < 1.29 is 5.11 Å². The van der Waals surface area contributed by atoms with Gasteiger partial charge in [0.05, 0.1) is 0 Å². The number of hydrogen-bond donors (Lipinski definition) is 1. The zero-order valence-electron chi connectivity index (χ0n) is 14.4. The van der Waals surface area contributed by atoms with Crippen molar-refractivity contribution in [2.75, 3.05) is 0 Å². The van der Waals surface area contributed by atoms with E-state index in [1.165, 1.54) is 62.5 Å². The lowest BCUT2D eigenvalue weighted by molar-refractivity contribution is 0.159. The van der Waals surface area contributed by atoms with Crippen molar-refractivity contribution in [2.45, 2.75) is 70.1 Å². The number of phenolic OH excluding ortho intramolecular Hbond substituents is 1. The fraction of sp³-hybridized carbons (Fsp3) is 0.727. The van der Waals surface area contributed by atoms with E-state index in [4.69, 9.17) is 0 Å². The average molecular weight is 310 g/mol. The third kappa shape index (κ3) is 2.04. The number of fused-ring (bicyclic) bond motifs is 3. The fourth-order valence-electron chi connectivity index (χ4n) is 6.90. The van der Waals surface area contributed by atoms with Crippen LogP contribution >= 0.6 is 0 Å². The van der Waals surface area contributed by atoms with Gasteiger partial charge in [-0.05, 0) is 90.9 Å². The molecule has 0 bridgehead atoms. The second kappa shape index (κ2) is 5.01. The minimum atomic E-state index is 0.409. The normalized spacial score (nSPS) is 42.0. The smallest absolute Gasteiger partial charge is 0.115 e. The van der Waals surface area contributed by atoms with Crippen LogP contribution in [0.15, 0.2) is 18.2 Å². The predicted octanol–water partition coefficient (Wildman–Crippen LogP) is 5.58. The van der Waals surface area contributed by atoms with Gasteiger partial charge in [-0.1, -0.05) is 38.2 Å². The standard InChI is InChI=1S/C22H30O/c1-14-8-9-16(23)12-20(14)22-10-3-2-7-19(22)21-17(18(21)13-22)11-15-5-4-6-15/h8-9,12,15,17-19,21,23H,2-7,10-11,13H2,1H3. The van der Waals surface area contributed by atoms with E-state index in [0.717, 1.165) is 29.6 Å². The molecular weight excluding hydrogens is 280 g/mol. The molecule has 1 aromatic carbocycles. The minimum Gasteiger partial charge on any atom is -0.508 e. The SMILES string of the molecule is Cc1ccc(O)cc1C12CCCCC1C1C(CC3CCC3)C1C2. The Hall–Kier alpha value is -0.980. The van der Waals surface area contributed by atoms with E-state index in [2.05, 4.69) is 19.1 Å². The molecule has 4 saturated carbocycles. The first-order chi connectivity index (χ1) is 11.2. The molecule has 5 unspecified atom stereocenters. The molecule has 5 rings (SSSR count). The van der Waals surface area contributed by atoms with E-state index in [1.807, 2.05) is 6.07 Å². The number of aryl methyl sites for hydroxylation is 1. The van der Waals surface area contributed by atoms with Gasteiger partial charge in [-0.15, -0.1) is 0 Å². The Labute approximate surface area is 140 Å². The molecule has 23 heavy (non-hydrogen) atoms. The van der Waals surface area contributed by atoms with Gasteiger partial charge in [0.15, 0.2) is 0 Å². The topological polar surface area (TPSA) is 20.2 Å². The van der Waals surface area contributed by atoms with Gasteiger partial charge >= 0.3 is 0 Å². The van der Waals surface area contributed by atoms with Crippen LogP contribution in [0.5, 0.6) is 5.75 Å². The zero-order valence-corrected chi connectivity index (χ0v) is 14.4. The molecule has 1 N–H and O–H groups in total. The van der Waals surface area contributed by atoms with Crippen LogP contribution in [0.25, 0.3) is 0 Å². The van der Waals surface area contributed by atoms with Gasteiger partial charge in [0.2, 0.25) is 0 Å². The lowest BCUT2D eigenvalue weighted by Gasteiger charge is -2.44. The van der Waals surface area contributed by atoms with Crippen molar-refractivity contribution in [3.63, 3.8) is 0 Å². The molecule has 1 heteroatoms. The summed E-state index contributed by atoms with van der Waals surface area (Å²) in [5.41, 5.74) is 3.32. The molecule has 0 heterocycles. The molecule has 0 aromatic heterocycles. The van der Waals surface area contributed by atoms with Crippen LogP contribution in [0.2, 0.25) is 0 Å². The van der Waals surface area contributed by atoms with Crippen LogP contribution in [0.3, 0.4) is 0 Å². The fourth-order valence-corrected chi connectivity index (χ4v) is 6.90. The number of phenols is 1. The summed E-state index contributed by atoms with van der Waals surface area (Å²) in [6.07, 6.45) is 13.1. The molecule has 0 saturated heterocycles. The average Bonchev–Trinajstić information content (AvgIpc) is 3.04. The van der Waals surface area contributed by atoms with Gasteiger partial charge in [-0.3, -0.25) is 0 Å². The molecule has 5 atom stereocenters. The molecule has 4 fully saturated rings. The summed E-state index contributed by atoms with van der Waals surface area (Å²) in [6.45, 7) is 2.25. The third-order valence-electron chi connectivity index (χ3n) is 8.15. The van der Waals surface area contributed by atoms with Crippen LogP contribution in [-0.4, -0.2) is 5.11 Å². The molecule has 1 nitrogen and oxygen atoms in total. The van der Waals surface area contributed by atoms with E-state index in [9.17, 15) is 5.11 Å². The van der Waals surface area contributed by atoms with Crippen LogP contribution < -0.4 is 0 Å². The Bertz CT molecular complexity index is 616. The molecule has 1 aromatic rings. The maximum Gasteiger partial charge on any atom is 0.115 e. The Kier molecular flexibility index (Phi) is 3.13. The van der Waals surface area contributed by atoms with E-state index in [-0.39, 0.29) is 0 Å². The zero-order chi connectivity index (χ0) is 15.6. The summed E-state index contributed by atoms with van der Waals surface area (Å²) in [5.74, 6) is 5.56. The van der Waals surface area contributed by atoms with Crippen molar-refractivity contribution in [1.82, 2.24) is 0 Å². The number of hydrogen-bond acceptors (Lipinski definition) is 1. The highest BCUT2D eigenvalue weighted by Gasteiger charge is 2.67. The molecule has 4 aliphatic carbocycles. The van der Waals surface area contributed by atoms with E-state index in [1.54, 1.807) is 6.42 Å². The van der Waals surface area contributed by atoms with Crippen molar-refractivity contribution in [1.29, 1.82) is 0 Å². The Morgan fingerprint density at radius 1 is 1.13 bits per heavy atom. The second-order valence-electron chi connectivity index (χ2n) is 9.15. The summed E-state index contributed by atoms with van der Waals surface area (Å²) in [4.78, 5) is 0. The maximum absolute atomic E-state index is 10.1. The highest BCUT2D eigenvalue weighted by atomic mass is 16.3.